The molecule has 1 amide bonds. The number of nitrogens with zero attached hydrogens (tertiary/aromatic N) is 3. The monoisotopic (exact) mass is 320 g/mol. The van der Waals surface area contributed by atoms with E-state index in [2.05, 4.69) is 31.3 Å². The first kappa shape index (κ1) is 12.3. The maximum absolute atomic E-state index is 12.1. The van der Waals surface area contributed by atoms with Crippen LogP contribution < -0.4 is 5.32 Å². The van der Waals surface area contributed by atoms with Crippen molar-refractivity contribution in [3.8, 4) is 0 Å². The van der Waals surface area contributed by atoms with E-state index in [9.17, 15) is 4.79 Å². The highest BCUT2D eigenvalue weighted by Crippen LogP contribution is 2.22. The third-order valence-corrected chi connectivity index (χ3v) is 4.01. The maximum atomic E-state index is 12.1. The van der Waals surface area contributed by atoms with Crippen LogP contribution in [0.25, 0.3) is 0 Å². The Morgan fingerprint density at radius 2 is 2.37 bits per heavy atom. The van der Waals surface area contributed by atoms with Crippen molar-refractivity contribution < 1.29 is 4.79 Å². The lowest BCUT2D eigenvalue weighted by Gasteiger charge is -2.24. The number of fused-ring (bicyclic) bond motifs is 1. The summed E-state index contributed by atoms with van der Waals surface area (Å²) >= 11 is 3.37. The fraction of sp³-hybridized carbons (Fsp3) is 0.308. The van der Waals surface area contributed by atoms with Crippen LogP contribution in [0.4, 0.5) is 0 Å². The van der Waals surface area contributed by atoms with Crippen molar-refractivity contribution in [2.24, 2.45) is 0 Å². The first-order valence-corrected chi connectivity index (χ1v) is 6.88. The SMILES string of the molecule is Cc1c(Br)nn2c1C(=O)NC(Cc1ccccn1)C2. The third-order valence-electron chi connectivity index (χ3n) is 3.26. The molecule has 1 aliphatic rings. The molecular weight excluding hydrogens is 308 g/mol. The molecule has 98 valence electrons. The summed E-state index contributed by atoms with van der Waals surface area (Å²) in [6.45, 7) is 2.56. The number of nitrogens with one attached hydrogen (secondary N) is 1. The first-order valence-electron chi connectivity index (χ1n) is 6.09. The Hall–Kier alpha value is -1.69. The molecule has 1 N–H and O–H groups in total. The average molecular weight is 321 g/mol. The summed E-state index contributed by atoms with van der Waals surface area (Å²) in [7, 11) is 0. The minimum Gasteiger partial charge on any atom is -0.346 e. The van der Waals surface area contributed by atoms with Gasteiger partial charge in [-0.1, -0.05) is 6.07 Å². The van der Waals surface area contributed by atoms with Gasteiger partial charge in [-0.2, -0.15) is 5.10 Å². The summed E-state index contributed by atoms with van der Waals surface area (Å²) in [4.78, 5) is 16.4. The Bertz CT molecular complexity index is 623. The molecule has 2 aromatic heterocycles. The van der Waals surface area contributed by atoms with Gasteiger partial charge < -0.3 is 5.32 Å². The van der Waals surface area contributed by atoms with E-state index < -0.39 is 0 Å². The molecule has 1 unspecified atom stereocenters. The molecule has 0 saturated heterocycles. The van der Waals surface area contributed by atoms with Gasteiger partial charge in [0.05, 0.1) is 12.6 Å². The number of aromatic nitrogens is 3. The van der Waals surface area contributed by atoms with Crippen molar-refractivity contribution in [2.75, 3.05) is 0 Å². The molecule has 1 aliphatic heterocycles. The summed E-state index contributed by atoms with van der Waals surface area (Å²) in [5.74, 6) is -0.0668. The molecule has 0 bridgehead atoms. The number of carbonyl (C=O) groups excluding carboxylic acids is 1. The van der Waals surface area contributed by atoms with Crippen molar-refractivity contribution in [3.05, 3.63) is 46.0 Å². The van der Waals surface area contributed by atoms with Crippen LogP contribution in [0.15, 0.2) is 29.0 Å². The number of halogens is 1. The van der Waals surface area contributed by atoms with E-state index in [0.29, 0.717) is 18.7 Å². The van der Waals surface area contributed by atoms with E-state index >= 15 is 0 Å². The molecule has 0 radical (unpaired) electrons. The number of hydrogen-bond acceptors (Lipinski definition) is 3. The molecule has 1 atom stereocenters. The largest absolute Gasteiger partial charge is 0.346 e. The van der Waals surface area contributed by atoms with Crippen molar-refractivity contribution in [2.45, 2.75) is 25.9 Å². The first-order chi connectivity index (χ1) is 9.15. The molecule has 6 heteroatoms. The predicted molar refractivity (Wildman–Crippen MR) is 73.9 cm³/mol. The van der Waals surface area contributed by atoms with E-state index in [-0.39, 0.29) is 11.9 Å². The Balaban J connectivity index is 1.84. The van der Waals surface area contributed by atoms with Gasteiger partial charge in [0.2, 0.25) is 0 Å². The van der Waals surface area contributed by atoms with Crippen LogP contribution >= 0.6 is 15.9 Å². The van der Waals surface area contributed by atoms with Gasteiger partial charge in [0, 0.05) is 23.9 Å². The number of hydrogen-bond donors (Lipinski definition) is 1. The standard InChI is InChI=1S/C13H13BrN4O/c1-8-11-13(19)16-10(7-18(11)17-12(8)14)6-9-4-2-3-5-15-9/h2-5,10H,6-7H2,1H3,(H,16,19). The molecule has 19 heavy (non-hydrogen) atoms. The number of pyridine rings is 1. The zero-order valence-corrected chi connectivity index (χ0v) is 12.0. The molecule has 3 heterocycles. The highest BCUT2D eigenvalue weighted by atomic mass is 79.9. The van der Waals surface area contributed by atoms with Crippen LogP contribution in [0.5, 0.6) is 0 Å². The predicted octanol–water partition coefficient (Wildman–Crippen LogP) is 1.70. The Kier molecular flexibility index (Phi) is 3.10. The van der Waals surface area contributed by atoms with Gasteiger partial charge in [-0.15, -0.1) is 0 Å². The zero-order valence-electron chi connectivity index (χ0n) is 10.4. The Labute approximate surface area is 119 Å². The molecular formula is C13H13BrN4O. The van der Waals surface area contributed by atoms with Crippen molar-refractivity contribution in [1.82, 2.24) is 20.1 Å². The van der Waals surface area contributed by atoms with Crippen molar-refractivity contribution in [1.29, 1.82) is 0 Å². The minimum absolute atomic E-state index is 0.0288. The van der Waals surface area contributed by atoms with Crippen LogP contribution in [-0.2, 0) is 13.0 Å². The fourth-order valence-electron chi connectivity index (χ4n) is 2.34. The lowest BCUT2D eigenvalue weighted by atomic mass is 10.1. The van der Waals surface area contributed by atoms with Crippen molar-refractivity contribution in [3.63, 3.8) is 0 Å². The number of carbonyl (C=O) groups is 1. The highest BCUT2D eigenvalue weighted by Gasteiger charge is 2.28. The quantitative estimate of drug-likeness (QED) is 0.916. The molecule has 0 spiro atoms. The van der Waals surface area contributed by atoms with Gasteiger partial charge in [-0.05, 0) is 35.0 Å². The summed E-state index contributed by atoms with van der Waals surface area (Å²) in [6.07, 6.45) is 2.47. The third kappa shape index (κ3) is 2.28. The smallest absolute Gasteiger partial charge is 0.270 e. The summed E-state index contributed by atoms with van der Waals surface area (Å²) in [5, 5.41) is 7.36. The minimum atomic E-state index is -0.0668. The zero-order chi connectivity index (χ0) is 13.4. The average Bonchev–Trinajstić information content (AvgIpc) is 2.66. The van der Waals surface area contributed by atoms with Gasteiger partial charge in [0.25, 0.3) is 5.91 Å². The molecule has 0 saturated carbocycles. The molecule has 0 aliphatic carbocycles. The van der Waals surface area contributed by atoms with Crippen LogP contribution in [0, 0.1) is 6.92 Å². The van der Waals surface area contributed by atoms with Crippen LogP contribution in [-0.4, -0.2) is 26.7 Å². The van der Waals surface area contributed by atoms with Crippen LogP contribution in [0.1, 0.15) is 21.7 Å². The number of rotatable bonds is 2. The second-order valence-corrected chi connectivity index (χ2v) is 5.39. The van der Waals surface area contributed by atoms with E-state index in [0.717, 1.165) is 15.9 Å². The van der Waals surface area contributed by atoms with Gasteiger partial charge in [-0.3, -0.25) is 14.5 Å². The van der Waals surface area contributed by atoms with Gasteiger partial charge >= 0.3 is 0 Å². The van der Waals surface area contributed by atoms with Gasteiger partial charge in [0.1, 0.15) is 10.3 Å². The summed E-state index contributed by atoms with van der Waals surface area (Å²) in [5.41, 5.74) is 2.50. The summed E-state index contributed by atoms with van der Waals surface area (Å²) < 4.78 is 2.50. The molecule has 2 aromatic rings. The normalized spacial score (nSPS) is 18.0. The maximum Gasteiger partial charge on any atom is 0.270 e. The second kappa shape index (κ2) is 4.77. The number of amides is 1. The van der Waals surface area contributed by atoms with E-state index in [4.69, 9.17) is 0 Å². The van der Waals surface area contributed by atoms with Gasteiger partial charge in [-0.25, -0.2) is 0 Å². The van der Waals surface area contributed by atoms with Gasteiger partial charge in [0.15, 0.2) is 0 Å². The van der Waals surface area contributed by atoms with Crippen LogP contribution in [0.3, 0.4) is 0 Å². The lowest BCUT2D eigenvalue weighted by molar-refractivity contribution is 0.0894. The molecule has 5 nitrogen and oxygen atoms in total. The molecule has 3 rings (SSSR count). The fourth-order valence-corrected chi connectivity index (χ4v) is 2.72. The van der Waals surface area contributed by atoms with E-state index in [1.165, 1.54) is 0 Å². The Morgan fingerprint density at radius 1 is 1.53 bits per heavy atom. The van der Waals surface area contributed by atoms with Crippen molar-refractivity contribution >= 4 is 21.8 Å². The van der Waals surface area contributed by atoms with Crippen LogP contribution in [0.2, 0.25) is 0 Å². The lowest BCUT2D eigenvalue weighted by Crippen LogP contribution is -2.46. The Morgan fingerprint density at radius 3 is 3.11 bits per heavy atom. The molecule has 0 fully saturated rings. The topological polar surface area (TPSA) is 59.8 Å². The summed E-state index contributed by atoms with van der Waals surface area (Å²) in [6, 6.07) is 5.83. The second-order valence-electron chi connectivity index (χ2n) is 4.64. The highest BCUT2D eigenvalue weighted by molar-refractivity contribution is 9.10. The molecule has 0 aromatic carbocycles. The van der Waals surface area contributed by atoms with E-state index in [1.54, 1.807) is 10.9 Å². The van der Waals surface area contributed by atoms with E-state index in [1.807, 2.05) is 25.1 Å².